The van der Waals surface area contributed by atoms with Crippen molar-refractivity contribution in [2.24, 2.45) is 0 Å². The van der Waals surface area contributed by atoms with Gasteiger partial charge in [0.1, 0.15) is 0 Å². The Labute approximate surface area is 70.6 Å². The Morgan fingerprint density at radius 2 is 2.40 bits per heavy atom. The van der Waals surface area contributed by atoms with E-state index in [9.17, 15) is 9.90 Å². The second kappa shape index (κ2) is 4.21. The van der Waals surface area contributed by atoms with E-state index in [4.69, 9.17) is 0 Å². The van der Waals surface area contributed by atoms with Gasteiger partial charge in [-0.05, 0) is 11.6 Å². The molecule has 1 N–H and O–H groups in total. The Kier molecular flexibility index (Phi) is 3.93. The molecule has 0 aromatic carbocycles. The van der Waals surface area contributed by atoms with Crippen LogP contribution in [0.5, 0.6) is 0 Å². The summed E-state index contributed by atoms with van der Waals surface area (Å²) >= 11 is 0. The molecule has 0 spiro atoms. The number of hydrogen-bond donors (Lipinski definition) is 1. The number of carboxylic acid groups (broad SMARTS) is 1. The number of aliphatic carboxylic acids is 1. The minimum Gasteiger partial charge on any atom is -0.550 e. The smallest absolute Gasteiger partial charge is 0.550 e. The van der Waals surface area contributed by atoms with Crippen LogP contribution in [0.3, 0.4) is 0 Å². The van der Waals surface area contributed by atoms with Gasteiger partial charge in [-0.1, -0.05) is 0 Å². The first-order valence-corrected chi connectivity index (χ1v) is 2.60. The molecule has 0 atom stereocenters. The number of H-pyrrole nitrogens is 1. The van der Waals surface area contributed by atoms with E-state index in [2.05, 4.69) is 4.98 Å². The van der Waals surface area contributed by atoms with Gasteiger partial charge in [-0.3, -0.25) is 0 Å². The van der Waals surface area contributed by atoms with Crippen molar-refractivity contribution in [1.82, 2.24) is 4.98 Å². The predicted octanol–water partition coefficient (Wildman–Crippen LogP) is -3.69. The van der Waals surface area contributed by atoms with Crippen LogP contribution in [0.2, 0.25) is 0 Å². The Morgan fingerprint density at radius 3 is 2.80 bits per heavy atom. The summed E-state index contributed by atoms with van der Waals surface area (Å²) in [6, 6.07) is 1.70. The van der Waals surface area contributed by atoms with Crippen molar-refractivity contribution in [3.63, 3.8) is 0 Å². The van der Waals surface area contributed by atoms with E-state index in [1.807, 2.05) is 0 Å². The molecule has 0 aliphatic heterocycles. The average Bonchev–Trinajstić information content (AvgIpc) is 2.15. The third-order valence-corrected chi connectivity index (χ3v) is 1.01. The number of rotatable bonds is 2. The monoisotopic (exact) mass is 131 g/mol. The standard InChI is InChI=1S/C6H7NO2.Li/c8-6(9)3-5-1-2-7-4-5;/h1-2,4,7H,3H2,(H,8,9);/q;+1/p-1. The number of carboxylic acids is 1. The number of aromatic nitrogens is 1. The van der Waals surface area contributed by atoms with Gasteiger partial charge in [-0.2, -0.15) is 0 Å². The van der Waals surface area contributed by atoms with E-state index in [0.717, 1.165) is 5.56 Å². The summed E-state index contributed by atoms with van der Waals surface area (Å²) in [5.74, 6) is -1.05. The Morgan fingerprint density at radius 1 is 1.70 bits per heavy atom. The second-order valence-corrected chi connectivity index (χ2v) is 1.77. The van der Waals surface area contributed by atoms with Gasteiger partial charge in [0, 0.05) is 24.8 Å². The molecule has 4 heteroatoms. The van der Waals surface area contributed by atoms with E-state index < -0.39 is 5.97 Å². The summed E-state index contributed by atoms with van der Waals surface area (Å²) < 4.78 is 0. The number of nitrogens with one attached hydrogen (secondary N) is 1. The molecule has 0 amide bonds. The first-order valence-electron chi connectivity index (χ1n) is 2.60. The Hall–Kier alpha value is -0.653. The van der Waals surface area contributed by atoms with Crippen molar-refractivity contribution in [3.05, 3.63) is 24.0 Å². The van der Waals surface area contributed by atoms with Crippen LogP contribution in [0.25, 0.3) is 0 Å². The molecule has 1 rings (SSSR count). The van der Waals surface area contributed by atoms with Gasteiger partial charge >= 0.3 is 18.9 Å². The molecular weight excluding hydrogens is 125 g/mol. The molecule has 3 nitrogen and oxygen atoms in total. The zero-order chi connectivity index (χ0) is 6.69. The third-order valence-electron chi connectivity index (χ3n) is 1.01. The fourth-order valence-corrected chi connectivity index (χ4v) is 0.635. The molecule has 0 saturated carbocycles. The third kappa shape index (κ3) is 2.76. The topological polar surface area (TPSA) is 55.9 Å². The summed E-state index contributed by atoms with van der Waals surface area (Å²) in [4.78, 5) is 12.7. The van der Waals surface area contributed by atoms with Crippen LogP contribution in [-0.4, -0.2) is 11.0 Å². The van der Waals surface area contributed by atoms with Gasteiger partial charge in [0.2, 0.25) is 0 Å². The predicted molar refractivity (Wildman–Crippen MR) is 29.5 cm³/mol. The van der Waals surface area contributed by atoms with E-state index in [-0.39, 0.29) is 25.3 Å². The zero-order valence-corrected chi connectivity index (χ0v) is 5.76. The molecule has 0 unspecified atom stereocenters. The van der Waals surface area contributed by atoms with E-state index >= 15 is 0 Å². The van der Waals surface area contributed by atoms with Crippen molar-refractivity contribution in [2.45, 2.75) is 6.42 Å². The quantitative estimate of drug-likeness (QED) is 0.420. The molecule has 0 saturated heterocycles. The van der Waals surface area contributed by atoms with Crippen LogP contribution in [0.1, 0.15) is 5.56 Å². The normalized spacial score (nSPS) is 8.40. The molecule has 1 aromatic rings. The van der Waals surface area contributed by atoms with Crippen molar-refractivity contribution in [2.75, 3.05) is 0 Å². The molecule has 0 bridgehead atoms. The second-order valence-electron chi connectivity index (χ2n) is 1.77. The average molecular weight is 131 g/mol. The maximum atomic E-state index is 9.94. The SMILES string of the molecule is O=C([O-])Cc1cc[nH]c1.[Li+]. The molecular formula is C6H6LiNO2. The summed E-state index contributed by atoms with van der Waals surface area (Å²) in [7, 11) is 0. The van der Waals surface area contributed by atoms with Gasteiger partial charge in [0.15, 0.2) is 0 Å². The Bertz CT molecular complexity index is 196. The fraction of sp³-hybridized carbons (Fsp3) is 0.167. The number of carbonyl (C=O) groups is 1. The van der Waals surface area contributed by atoms with Crippen LogP contribution >= 0.6 is 0 Å². The first kappa shape index (κ1) is 9.35. The fourth-order valence-electron chi connectivity index (χ4n) is 0.635. The van der Waals surface area contributed by atoms with E-state index in [1.165, 1.54) is 0 Å². The van der Waals surface area contributed by atoms with Crippen LogP contribution in [0.4, 0.5) is 0 Å². The number of carbonyl (C=O) groups excluding carboxylic acids is 1. The van der Waals surface area contributed by atoms with Crippen molar-refractivity contribution in [1.29, 1.82) is 0 Å². The molecule has 48 valence electrons. The summed E-state index contributed by atoms with van der Waals surface area (Å²) in [5, 5.41) is 9.94. The minimum atomic E-state index is -1.05. The molecule has 10 heavy (non-hydrogen) atoms. The first-order chi connectivity index (χ1) is 4.29. The molecule has 0 radical (unpaired) electrons. The van der Waals surface area contributed by atoms with Crippen LogP contribution in [0, 0.1) is 0 Å². The summed E-state index contributed by atoms with van der Waals surface area (Å²) in [5.41, 5.74) is 0.745. The maximum absolute atomic E-state index is 9.94. The maximum Gasteiger partial charge on any atom is 1.00 e. The number of hydrogen-bond acceptors (Lipinski definition) is 2. The van der Waals surface area contributed by atoms with Crippen LogP contribution < -0.4 is 24.0 Å². The van der Waals surface area contributed by atoms with E-state index in [1.54, 1.807) is 18.5 Å². The van der Waals surface area contributed by atoms with Crippen molar-refractivity contribution >= 4 is 5.97 Å². The van der Waals surface area contributed by atoms with Gasteiger partial charge in [0.25, 0.3) is 0 Å². The minimum absolute atomic E-state index is 0. The zero-order valence-electron chi connectivity index (χ0n) is 5.76. The van der Waals surface area contributed by atoms with Gasteiger partial charge < -0.3 is 14.9 Å². The van der Waals surface area contributed by atoms with Crippen LogP contribution in [-0.2, 0) is 11.2 Å². The van der Waals surface area contributed by atoms with Gasteiger partial charge in [-0.15, -0.1) is 0 Å². The molecule has 0 aliphatic carbocycles. The largest absolute Gasteiger partial charge is 1.00 e. The van der Waals surface area contributed by atoms with Gasteiger partial charge in [-0.25, -0.2) is 0 Å². The van der Waals surface area contributed by atoms with E-state index in [0.29, 0.717) is 0 Å². The molecule has 1 heterocycles. The molecule has 0 fully saturated rings. The van der Waals surface area contributed by atoms with Crippen molar-refractivity contribution < 1.29 is 28.8 Å². The van der Waals surface area contributed by atoms with Gasteiger partial charge in [0.05, 0.1) is 0 Å². The van der Waals surface area contributed by atoms with Crippen LogP contribution in [0.15, 0.2) is 18.5 Å². The summed E-state index contributed by atoms with van der Waals surface area (Å²) in [6.45, 7) is 0. The molecule has 0 aliphatic rings. The molecule has 1 aromatic heterocycles. The summed E-state index contributed by atoms with van der Waals surface area (Å²) in [6.07, 6.45) is 3.30. The Balaban J connectivity index is 0.000000810. The number of aromatic amines is 1. The van der Waals surface area contributed by atoms with Crippen molar-refractivity contribution in [3.8, 4) is 0 Å².